The molecular formula is C12H14F4O. The minimum absolute atomic E-state index is 0.253. The number of hydrogen-bond donors (Lipinski definition) is 1. The molecule has 0 aliphatic heterocycles. The van der Waals surface area contributed by atoms with Crippen molar-refractivity contribution in [1.82, 2.24) is 0 Å². The summed E-state index contributed by atoms with van der Waals surface area (Å²) in [6.07, 6.45) is -4.96. The molecule has 1 nitrogen and oxygen atoms in total. The minimum atomic E-state index is -4.69. The van der Waals surface area contributed by atoms with E-state index in [1.54, 1.807) is 13.8 Å². The van der Waals surface area contributed by atoms with Gasteiger partial charge in [0.05, 0.1) is 11.7 Å². The molecule has 96 valence electrons. The third-order valence-corrected chi connectivity index (χ3v) is 2.56. The first-order valence-electron chi connectivity index (χ1n) is 5.26. The van der Waals surface area contributed by atoms with Crippen molar-refractivity contribution in [2.45, 2.75) is 38.5 Å². The van der Waals surface area contributed by atoms with Gasteiger partial charge in [-0.05, 0) is 37.0 Å². The molecule has 1 N–H and O–H groups in total. The molecule has 2 unspecified atom stereocenters. The van der Waals surface area contributed by atoms with Gasteiger partial charge in [0.25, 0.3) is 0 Å². The number of hydrogen-bond acceptors (Lipinski definition) is 1. The number of rotatable bonds is 3. The van der Waals surface area contributed by atoms with Crippen molar-refractivity contribution in [2.75, 3.05) is 0 Å². The Balaban J connectivity index is 3.04. The van der Waals surface area contributed by atoms with E-state index in [9.17, 15) is 22.7 Å². The molecule has 1 aromatic rings. The van der Waals surface area contributed by atoms with Crippen molar-refractivity contribution in [1.29, 1.82) is 0 Å². The van der Waals surface area contributed by atoms with E-state index in [1.807, 2.05) is 0 Å². The van der Waals surface area contributed by atoms with Crippen molar-refractivity contribution in [2.24, 2.45) is 0 Å². The van der Waals surface area contributed by atoms with Gasteiger partial charge in [-0.2, -0.15) is 13.2 Å². The molecule has 17 heavy (non-hydrogen) atoms. The summed E-state index contributed by atoms with van der Waals surface area (Å²) in [7, 11) is 0. The number of aliphatic hydroxyl groups excluding tert-OH is 1. The Kier molecular flexibility index (Phi) is 4.14. The van der Waals surface area contributed by atoms with Gasteiger partial charge in [0, 0.05) is 0 Å². The zero-order valence-corrected chi connectivity index (χ0v) is 9.55. The molecule has 0 saturated carbocycles. The first-order chi connectivity index (χ1) is 7.71. The van der Waals surface area contributed by atoms with Crippen LogP contribution < -0.4 is 0 Å². The molecule has 1 rings (SSSR count). The van der Waals surface area contributed by atoms with Crippen LogP contribution >= 0.6 is 0 Å². The van der Waals surface area contributed by atoms with E-state index in [4.69, 9.17) is 0 Å². The summed E-state index contributed by atoms with van der Waals surface area (Å²) >= 11 is 0. The fourth-order valence-corrected chi connectivity index (χ4v) is 1.71. The average Bonchev–Trinajstić information content (AvgIpc) is 2.15. The van der Waals surface area contributed by atoms with Gasteiger partial charge in [-0.3, -0.25) is 0 Å². The SMILES string of the molecule is CC(O)CC(C)c1ccc(F)c(C(F)(F)F)c1. The normalized spacial score (nSPS) is 15.7. The summed E-state index contributed by atoms with van der Waals surface area (Å²) in [6, 6.07) is 2.94. The number of aliphatic hydroxyl groups is 1. The Bertz CT molecular complexity index is 385. The molecule has 0 radical (unpaired) electrons. The topological polar surface area (TPSA) is 20.2 Å². The van der Waals surface area contributed by atoms with Crippen LogP contribution in [0.3, 0.4) is 0 Å². The first-order valence-corrected chi connectivity index (χ1v) is 5.26. The van der Waals surface area contributed by atoms with E-state index < -0.39 is 23.7 Å². The van der Waals surface area contributed by atoms with E-state index in [0.717, 1.165) is 12.1 Å². The summed E-state index contributed by atoms with van der Waals surface area (Å²) in [6.45, 7) is 3.25. The van der Waals surface area contributed by atoms with Gasteiger partial charge in [-0.1, -0.05) is 13.0 Å². The standard InChI is InChI=1S/C12H14F4O/c1-7(5-8(2)17)9-3-4-11(13)10(6-9)12(14,15)16/h3-4,6-8,17H,5H2,1-2H3. The highest BCUT2D eigenvalue weighted by Crippen LogP contribution is 2.34. The maximum atomic E-state index is 13.0. The largest absolute Gasteiger partial charge is 0.419 e. The van der Waals surface area contributed by atoms with Gasteiger partial charge < -0.3 is 5.11 Å². The lowest BCUT2D eigenvalue weighted by Gasteiger charge is -2.16. The smallest absolute Gasteiger partial charge is 0.393 e. The molecule has 0 fully saturated rings. The predicted molar refractivity (Wildman–Crippen MR) is 56.1 cm³/mol. The van der Waals surface area contributed by atoms with Crippen LogP contribution in [-0.4, -0.2) is 11.2 Å². The summed E-state index contributed by atoms with van der Waals surface area (Å²) in [5.74, 6) is -1.53. The molecule has 0 heterocycles. The zero-order valence-electron chi connectivity index (χ0n) is 9.55. The summed E-state index contributed by atoms with van der Waals surface area (Å²) in [5, 5.41) is 9.17. The lowest BCUT2D eigenvalue weighted by atomic mass is 9.94. The fraction of sp³-hybridized carbons (Fsp3) is 0.500. The molecule has 0 spiro atoms. The fourth-order valence-electron chi connectivity index (χ4n) is 1.71. The van der Waals surface area contributed by atoms with Crippen molar-refractivity contribution >= 4 is 0 Å². The summed E-state index contributed by atoms with van der Waals surface area (Å²) in [4.78, 5) is 0. The second-order valence-corrected chi connectivity index (χ2v) is 4.22. The molecule has 0 aliphatic rings. The van der Waals surface area contributed by atoms with Gasteiger partial charge >= 0.3 is 6.18 Å². The second kappa shape index (κ2) is 5.04. The van der Waals surface area contributed by atoms with Crippen LogP contribution in [0.2, 0.25) is 0 Å². The number of alkyl halides is 3. The highest BCUT2D eigenvalue weighted by atomic mass is 19.4. The van der Waals surface area contributed by atoms with E-state index >= 15 is 0 Å². The first kappa shape index (κ1) is 14.0. The summed E-state index contributed by atoms with van der Waals surface area (Å²) < 4.78 is 50.4. The van der Waals surface area contributed by atoms with E-state index in [1.165, 1.54) is 6.07 Å². The Hall–Kier alpha value is -1.10. The van der Waals surface area contributed by atoms with E-state index in [2.05, 4.69) is 0 Å². The zero-order chi connectivity index (χ0) is 13.2. The maximum Gasteiger partial charge on any atom is 0.419 e. The Labute approximate surface area is 97.1 Å². The van der Waals surface area contributed by atoms with Crippen LogP contribution in [0.5, 0.6) is 0 Å². The van der Waals surface area contributed by atoms with Crippen LogP contribution in [0.25, 0.3) is 0 Å². The highest BCUT2D eigenvalue weighted by Gasteiger charge is 2.34. The van der Waals surface area contributed by atoms with Crippen molar-refractivity contribution < 1.29 is 22.7 Å². The van der Waals surface area contributed by atoms with E-state index in [0.29, 0.717) is 12.0 Å². The quantitative estimate of drug-likeness (QED) is 0.810. The highest BCUT2D eigenvalue weighted by molar-refractivity contribution is 5.29. The second-order valence-electron chi connectivity index (χ2n) is 4.22. The van der Waals surface area contributed by atoms with E-state index in [-0.39, 0.29) is 5.92 Å². The lowest BCUT2D eigenvalue weighted by molar-refractivity contribution is -0.140. The molecule has 0 aromatic heterocycles. The molecule has 0 saturated heterocycles. The molecule has 2 atom stereocenters. The third-order valence-electron chi connectivity index (χ3n) is 2.56. The van der Waals surface area contributed by atoms with Gasteiger partial charge in [-0.15, -0.1) is 0 Å². The Morgan fingerprint density at radius 1 is 1.24 bits per heavy atom. The van der Waals surface area contributed by atoms with Gasteiger partial charge in [-0.25, -0.2) is 4.39 Å². The minimum Gasteiger partial charge on any atom is -0.393 e. The van der Waals surface area contributed by atoms with Crippen molar-refractivity contribution in [3.8, 4) is 0 Å². The molecule has 5 heteroatoms. The number of halogens is 4. The number of benzene rings is 1. The Morgan fingerprint density at radius 3 is 2.29 bits per heavy atom. The summed E-state index contributed by atoms with van der Waals surface area (Å²) in [5.41, 5.74) is -0.882. The monoisotopic (exact) mass is 250 g/mol. The molecule has 0 amide bonds. The average molecular weight is 250 g/mol. The van der Waals surface area contributed by atoms with Crippen LogP contribution in [0.15, 0.2) is 18.2 Å². The molecule has 0 bridgehead atoms. The maximum absolute atomic E-state index is 13.0. The van der Waals surface area contributed by atoms with Crippen LogP contribution in [0.4, 0.5) is 17.6 Å². The Morgan fingerprint density at radius 2 is 1.82 bits per heavy atom. The van der Waals surface area contributed by atoms with Crippen LogP contribution in [-0.2, 0) is 6.18 Å². The molecule has 1 aromatic carbocycles. The van der Waals surface area contributed by atoms with Gasteiger partial charge in [0.2, 0.25) is 0 Å². The van der Waals surface area contributed by atoms with Crippen molar-refractivity contribution in [3.05, 3.63) is 35.1 Å². The van der Waals surface area contributed by atoms with Gasteiger partial charge in [0.15, 0.2) is 0 Å². The van der Waals surface area contributed by atoms with Crippen LogP contribution in [0, 0.1) is 5.82 Å². The lowest BCUT2D eigenvalue weighted by Crippen LogP contribution is -2.11. The predicted octanol–water partition coefficient (Wildman–Crippen LogP) is 3.72. The van der Waals surface area contributed by atoms with Crippen LogP contribution in [0.1, 0.15) is 37.3 Å². The van der Waals surface area contributed by atoms with Gasteiger partial charge in [0.1, 0.15) is 5.82 Å². The third kappa shape index (κ3) is 3.70. The van der Waals surface area contributed by atoms with Crippen molar-refractivity contribution in [3.63, 3.8) is 0 Å². The molecular weight excluding hydrogens is 236 g/mol. The molecule has 0 aliphatic carbocycles.